The van der Waals surface area contributed by atoms with Crippen LogP contribution < -0.4 is 5.32 Å². The number of nitrogens with one attached hydrogen (secondary N) is 1. The molecule has 2 aromatic carbocycles. The summed E-state index contributed by atoms with van der Waals surface area (Å²) in [4.78, 5) is 15.6. The molecule has 1 saturated heterocycles. The van der Waals surface area contributed by atoms with Crippen molar-refractivity contribution in [2.45, 2.75) is 62.4 Å². The molecule has 1 heterocycles. The number of sulfone groups is 1. The van der Waals surface area contributed by atoms with Crippen molar-refractivity contribution >= 4 is 15.7 Å². The van der Waals surface area contributed by atoms with Gasteiger partial charge in [-0.05, 0) is 74.3 Å². The molecule has 32 heavy (non-hydrogen) atoms. The van der Waals surface area contributed by atoms with Gasteiger partial charge in [-0.25, -0.2) is 8.42 Å². The molecule has 174 valence electrons. The minimum atomic E-state index is -3.27. The van der Waals surface area contributed by atoms with Crippen LogP contribution in [-0.2, 0) is 32.9 Å². The third-order valence-electron chi connectivity index (χ3n) is 6.97. The molecule has 0 unspecified atom stereocenters. The first-order valence-corrected chi connectivity index (χ1v) is 13.0. The van der Waals surface area contributed by atoms with Crippen molar-refractivity contribution in [3.63, 3.8) is 0 Å². The molecule has 7 heteroatoms. The van der Waals surface area contributed by atoms with E-state index in [1.165, 1.54) is 11.8 Å². The number of piperidine rings is 1. The van der Waals surface area contributed by atoms with E-state index in [0.717, 1.165) is 30.5 Å². The monoisotopic (exact) mass is 458 g/mol. The molecule has 0 aliphatic carbocycles. The van der Waals surface area contributed by atoms with Crippen LogP contribution in [0.15, 0.2) is 47.4 Å². The molecule has 6 nitrogen and oxygen atoms in total. The van der Waals surface area contributed by atoms with E-state index in [9.17, 15) is 18.3 Å². The number of hydrogen-bond acceptors (Lipinski definition) is 5. The number of carbonyl (C=O) groups excluding carboxylic acids is 1. The van der Waals surface area contributed by atoms with E-state index < -0.39 is 9.84 Å². The highest BCUT2D eigenvalue weighted by Gasteiger charge is 2.45. The number of likely N-dealkylation sites (N-methyl/N-ethyl adjacent to an activating group) is 1. The van der Waals surface area contributed by atoms with Gasteiger partial charge in [-0.2, -0.15) is 0 Å². The van der Waals surface area contributed by atoms with Gasteiger partial charge in [0.15, 0.2) is 9.84 Å². The van der Waals surface area contributed by atoms with Crippen molar-refractivity contribution in [1.29, 1.82) is 0 Å². The first kappa shape index (κ1) is 24.3. The molecule has 0 aromatic heterocycles. The number of aromatic hydroxyl groups is 1. The number of benzene rings is 2. The Kier molecular flexibility index (Phi) is 7.00. The summed E-state index contributed by atoms with van der Waals surface area (Å²) in [6, 6.07) is 12.0. The van der Waals surface area contributed by atoms with Crippen molar-refractivity contribution < 1.29 is 18.3 Å². The average Bonchev–Trinajstić information content (AvgIpc) is 2.74. The van der Waals surface area contributed by atoms with E-state index in [0.29, 0.717) is 0 Å². The third-order valence-corrected chi connectivity index (χ3v) is 8.10. The molecular weight excluding hydrogens is 424 g/mol. The van der Waals surface area contributed by atoms with Crippen LogP contribution in [0.4, 0.5) is 0 Å². The lowest BCUT2D eigenvalue weighted by Gasteiger charge is -2.50. The fourth-order valence-corrected chi connectivity index (χ4v) is 5.44. The van der Waals surface area contributed by atoms with Gasteiger partial charge in [0, 0.05) is 17.7 Å². The highest BCUT2D eigenvalue weighted by molar-refractivity contribution is 7.90. The minimum Gasteiger partial charge on any atom is -0.508 e. The highest BCUT2D eigenvalue weighted by atomic mass is 32.2. The zero-order valence-electron chi connectivity index (χ0n) is 19.6. The summed E-state index contributed by atoms with van der Waals surface area (Å²) in [5.74, 6) is 0.134. The van der Waals surface area contributed by atoms with Crippen molar-refractivity contribution in [1.82, 2.24) is 10.2 Å². The standard InChI is InChI=1S/C25H34N2O4S/c1-6-19-9-10-20(28)16-22(19)25(3)13-14-27(4)17(2)24(25)26-23(29)15-18-7-11-21(12-8-18)32(5,30)31/h7-12,16-17,24,28H,6,13-15H2,1-5H3,(H,26,29)/t17-,24+,25-/m1/s1. The Hall–Kier alpha value is -2.38. The predicted molar refractivity (Wildman–Crippen MR) is 127 cm³/mol. The smallest absolute Gasteiger partial charge is 0.224 e. The molecule has 1 fully saturated rings. The maximum Gasteiger partial charge on any atom is 0.224 e. The second-order valence-electron chi connectivity index (χ2n) is 9.22. The highest BCUT2D eigenvalue weighted by Crippen LogP contribution is 2.41. The number of phenolic OH excluding ortho intramolecular Hbond substituents is 1. The van der Waals surface area contributed by atoms with E-state index in [1.807, 2.05) is 12.1 Å². The van der Waals surface area contributed by atoms with Crippen LogP contribution in [0.1, 0.15) is 43.9 Å². The van der Waals surface area contributed by atoms with Crippen LogP contribution in [0.3, 0.4) is 0 Å². The first-order chi connectivity index (χ1) is 15.0. The van der Waals surface area contributed by atoms with Crippen LogP contribution in [-0.4, -0.2) is 56.3 Å². The number of rotatable bonds is 6. The van der Waals surface area contributed by atoms with Crippen molar-refractivity contribution in [3.8, 4) is 5.75 Å². The summed E-state index contributed by atoms with van der Waals surface area (Å²) in [7, 11) is -1.20. The number of nitrogens with zero attached hydrogens (tertiary/aromatic N) is 1. The van der Waals surface area contributed by atoms with Crippen molar-refractivity contribution in [2.24, 2.45) is 0 Å². The van der Waals surface area contributed by atoms with Gasteiger partial charge in [0.1, 0.15) is 5.75 Å². The van der Waals surface area contributed by atoms with Gasteiger partial charge in [-0.15, -0.1) is 0 Å². The maximum atomic E-state index is 13.1. The Morgan fingerprint density at radius 2 is 1.88 bits per heavy atom. The molecule has 1 aliphatic rings. The lowest BCUT2D eigenvalue weighted by Crippen LogP contribution is -2.63. The summed E-state index contributed by atoms with van der Waals surface area (Å²) in [6.07, 6.45) is 3.05. The van der Waals surface area contributed by atoms with E-state index in [4.69, 9.17) is 0 Å². The Bertz CT molecular complexity index is 1080. The summed E-state index contributed by atoms with van der Waals surface area (Å²) in [5, 5.41) is 13.5. The molecule has 0 bridgehead atoms. The van der Waals surface area contributed by atoms with Crippen LogP contribution >= 0.6 is 0 Å². The van der Waals surface area contributed by atoms with Crippen LogP contribution in [0.2, 0.25) is 0 Å². The zero-order valence-corrected chi connectivity index (χ0v) is 20.4. The van der Waals surface area contributed by atoms with Gasteiger partial charge in [0.2, 0.25) is 5.91 Å². The van der Waals surface area contributed by atoms with Gasteiger partial charge in [-0.3, -0.25) is 4.79 Å². The fraction of sp³-hybridized carbons (Fsp3) is 0.480. The average molecular weight is 459 g/mol. The molecule has 3 rings (SSSR count). The number of hydrogen-bond donors (Lipinski definition) is 2. The van der Waals surface area contributed by atoms with E-state index in [2.05, 4.69) is 38.0 Å². The Labute approximate surface area is 191 Å². The number of carbonyl (C=O) groups is 1. The van der Waals surface area contributed by atoms with Gasteiger partial charge < -0.3 is 15.3 Å². The van der Waals surface area contributed by atoms with Gasteiger partial charge in [0.05, 0.1) is 17.4 Å². The molecule has 3 atom stereocenters. The Morgan fingerprint density at radius 1 is 1.22 bits per heavy atom. The Morgan fingerprint density at radius 3 is 2.47 bits per heavy atom. The molecule has 0 radical (unpaired) electrons. The summed E-state index contributed by atoms with van der Waals surface area (Å²) in [5.41, 5.74) is 2.70. The number of aryl methyl sites for hydroxylation is 1. The third kappa shape index (κ3) is 4.99. The molecule has 1 amide bonds. The Balaban J connectivity index is 1.87. The first-order valence-electron chi connectivity index (χ1n) is 11.1. The molecule has 0 saturated carbocycles. The molecule has 0 spiro atoms. The minimum absolute atomic E-state index is 0.103. The maximum absolute atomic E-state index is 13.1. The molecule has 2 N–H and O–H groups in total. The van der Waals surface area contributed by atoms with Gasteiger partial charge in [0.25, 0.3) is 0 Å². The van der Waals surface area contributed by atoms with Crippen molar-refractivity contribution in [2.75, 3.05) is 19.8 Å². The second kappa shape index (κ2) is 9.24. The van der Waals surface area contributed by atoms with E-state index >= 15 is 0 Å². The predicted octanol–water partition coefficient (Wildman–Crippen LogP) is 3.07. The van der Waals surface area contributed by atoms with Gasteiger partial charge in [-0.1, -0.05) is 32.0 Å². The summed E-state index contributed by atoms with van der Waals surface area (Å²) >= 11 is 0. The molecule has 1 aliphatic heterocycles. The summed E-state index contributed by atoms with van der Waals surface area (Å²) < 4.78 is 23.4. The lowest BCUT2D eigenvalue weighted by molar-refractivity contribution is -0.122. The van der Waals surface area contributed by atoms with E-state index in [-0.39, 0.29) is 40.5 Å². The second-order valence-corrected chi connectivity index (χ2v) is 11.2. The molecular formula is C25H34N2O4S. The zero-order chi connectivity index (χ0) is 23.7. The topological polar surface area (TPSA) is 86.7 Å². The quantitative estimate of drug-likeness (QED) is 0.695. The van der Waals surface area contributed by atoms with Crippen LogP contribution in [0.5, 0.6) is 5.75 Å². The summed E-state index contributed by atoms with van der Waals surface area (Å²) in [6.45, 7) is 7.30. The lowest BCUT2D eigenvalue weighted by atomic mass is 9.66. The fourth-order valence-electron chi connectivity index (χ4n) is 4.81. The van der Waals surface area contributed by atoms with Gasteiger partial charge >= 0.3 is 0 Å². The molecule has 2 aromatic rings. The number of likely N-dealkylation sites (tertiary alicyclic amines) is 1. The number of phenols is 1. The van der Waals surface area contributed by atoms with Crippen LogP contribution in [0, 0.1) is 0 Å². The van der Waals surface area contributed by atoms with Crippen molar-refractivity contribution in [3.05, 3.63) is 59.2 Å². The largest absolute Gasteiger partial charge is 0.508 e. The van der Waals surface area contributed by atoms with E-state index in [1.54, 1.807) is 30.3 Å². The SMILES string of the molecule is CCc1ccc(O)cc1[C@@]1(C)CCN(C)[C@H](C)[C@@H]1NC(=O)Cc1ccc(S(C)(=O)=O)cc1. The number of amides is 1. The van der Waals surface area contributed by atoms with Crippen LogP contribution in [0.25, 0.3) is 0 Å². The normalized spacial score (nSPS) is 24.3.